The number of aryl methyl sites for hydroxylation is 1. The summed E-state index contributed by atoms with van der Waals surface area (Å²) in [7, 11) is 1.34. The molecule has 0 N–H and O–H groups in total. The Balaban J connectivity index is 2.87. The van der Waals surface area contributed by atoms with Crippen molar-refractivity contribution in [3.63, 3.8) is 0 Å². The van der Waals surface area contributed by atoms with Crippen LogP contribution in [0.3, 0.4) is 0 Å². The molecule has 0 amide bonds. The van der Waals surface area contributed by atoms with Gasteiger partial charge in [-0.05, 0) is 24.6 Å². The zero-order chi connectivity index (χ0) is 15.1. The monoisotopic (exact) mass is 319 g/mol. The van der Waals surface area contributed by atoms with Crippen LogP contribution in [0.4, 0.5) is 5.69 Å². The molecular weight excluding hydrogens is 302 g/mol. The van der Waals surface area contributed by atoms with E-state index in [2.05, 4.69) is 4.74 Å². The Morgan fingerprint density at radius 2 is 2.15 bits per heavy atom. The average Bonchev–Trinajstić information content (AvgIpc) is 2.40. The Labute approximate surface area is 126 Å². The summed E-state index contributed by atoms with van der Waals surface area (Å²) in [6, 6.07) is 5.44. The van der Waals surface area contributed by atoms with Gasteiger partial charge in [-0.15, -0.1) is 0 Å². The summed E-state index contributed by atoms with van der Waals surface area (Å²) in [4.78, 5) is 13.3. The van der Waals surface area contributed by atoms with Crippen LogP contribution in [0.15, 0.2) is 18.2 Å². The summed E-state index contributed by atoms with van der Waals surface area (Å²) in [5.41, 5.74) is 1.81. The van der Waals surface area contributed by atoms with Gasteiger partial charge in [-0.3, -0.25) is 8.98 Å². The molecule has 0 aliphatic carbocycles. The lowest BCUT2D eigenvalue weighted by Crippen LogP contribution is -2.34. The molecule has 1 aromatic rings. The van der Waals surface area contributed by atoms with Crippen molar-refractivity contribution in [2.45, 2.75) is 6.92 Å². The largest absolute Gasteiger partial charge is 0.468 e. The maximum absolute atomic E-state index is 11.5. The van der Waals surface area contributed by atoms with Crippen LogP contribution >= 0.6 is 11.6 Å². The number of benzene rings is 1. The van der Waals surface area contributed by atoms with E-state index in [-0.39, 0.29) is 19.1 Å². The quantitative estimate of drug-likeness (QED) is 0.719. The van der Waals surface area contributed by atoms with Crippen LogP contribution in [0.1, 0.15) is 5.56 Å². The van der Waals surface area contributed by atoms with Gasteiger partial charge in [-0.2, -0.15) is 0 Å². The number of nitrogens with zero attached hydrogens (tertiary/aromatic N) is 1. The number of esters is 1. The molecule has 0 radical (unpaired) electrons. The van der Waals surface area contributed by atoms with Crippen LogP contribution < -0.4 is 4.90 Å². The van der Waals surface area contributed by atoms with E-state index in [1.54, 1.807) is 17.0 Å². The molecule has 1 atom stereocenters. The first kappa shape index (κ1) is 16.9. The highest BCUT2D eigenvalue weighted by Gasteiger charge is 2.14. The summed E-state index contributed by atoms with van der Waals surface area (Å²) in [5.74, 6) is -0.359. The second kappa shape index (κ2) is 8.24. The molecule has 1 aromatic carbocycles. The average molecular weight is 320 g/mol. The third-order valence-electron chi connectivity index (χ3n) is 2.67. The van der Waals surface area contributed by atoms with Gasteiger partial charge in [0.2, 0.25) is 0 Å². The van der Waals surface area contributed by atoms with Crippen LogP contribution in [0.2, 0.25) is 5.02 Å². The van der Waals surface area contributed by atoms with Crippen molar-refractivity contribution >= 4 is 34.3 Å². The predicted octanol–water partition coefficient (Wildman–Crippen LogP) is 1.94. The number of hydrogen-bond acceptors (Lipinski definition) is 5. The van der Waals surface area contributed by atoms with Gasteiger partial charge in [0, 0.05) is 23.5 Å². The maximum atomic E-state index is 11.5. The minimum Gasteiger partial charge on any atom is -0.468 e. The van der Waals surface area contributed by atoms with Crippen molar-refractivity contribution in [2.75, 3.05) is 38.0 Å². The number of halogens is 1. The fourth-order valence-corrected chi connectivity index (χ4v) is 2.17. The number of carbonyl (C=O) groups is 1. The van der Waals surface area contributed by atoms with E-state index in [0.29, 0.717) is 11.6 Å². The lowest BCUT2D eigenvalue weighted by Gasteiger charge is -2.25. The lowest BCUT2D eigenvalue weighted by atomic mass is 10.2. The summed E-state index contributed by atoms with van der Waals surface area (Å²) >= 11 is 4.66. The van der Waals surface area contributed by atoms with E-state index < -0.39 is 11.1 Å². The van der Waals surface area contributed by atoms with E-state index in [0.717, 1.165) is 11.3 Å². The van der Waals surface area contributed by atoms with Crippen molar-refractivity contribution in [1.82, 2.24) is 0 Å². The molecule has 0 spiro atoms. The Kier molecular flexibility index (Phi) is 6.98. The van der Waals surface area contributed by atoms with Crippen LogP contribution in [-0.2, 0) is 24.8 Å². The molecule has 0 aliphatic rings. The molecular formula is C13H18ClNO4S. The smallest absolute Gasteiger partial charge is 0.325 e. The van der Waals surface area contributed by atoms with Crippen LogP contribution in [0.5, 0.6) is 0 Å². The van der Waals surface area contributed by atoms with E-state index in [4.69, 9.17) is 15.8 Å². The first-order valence-corrected chi connectivity index (χ1v) is 7.84. The summed E-state index contributed by atoms with van der Waals surface area (Å²) in [6.45, 7) is 2.66. The summed E-state index contributed by atoms with van der Waals surface area (Å²) < 4.78 is 20.6. The summed E-state index contributed by atoms with van der Waals surface area (Å²) in [6.07, 6.45) is 1.45. The maximum Gasteiger partial charge on any atom is 0.325 e. The normalized spacial score (nSPS) is 12.0. The number of carbonyl (C=O) groups excluding carboxylic acids is 1. The van der Waals surface area contributed by atoms with Gasteiger partial charge in [-0.1, -0.05) is 17.7 Å². The SMILES string of the molecule is COC(=O)CN(CCOS(C)=O)c1cc(Cl)ccc1C. The van der Waals surface area contributed by atoms with E-state index >= 15 is 0 Å². The first-order valence-electron chi connectivity index (χ1n) is 5.98. The molecule has 112 valence electrons. The van der Waals surface area contributed by atoms with Crippen molar-refractivity contribution in [3.8, 4) is 0 Å². The standard InChI is InChI=1S/C13H18ClNO4S/c1-10-4-5-11(14)8-12(10)15(9-13(16)18-2)6-7-19-20(3)17/h4-5,8H,6-7,9H2,1-3H3. The number of hydrogen-bond donors (Lipinski definition) is 0. The van der Waals surface area contributed by atoms with Crippen molar-refractivity contribution in [2.24, 2.45) is 0 Å². The third kappa shape index (κ3) is 5.48. The second-order valence-corrected chi connectivity index (χ2v) is 5.63. The van der Waals surface area contributed by atoms with Gasteiger partial charge in [-0.25, -0.2) is 4.21 Å². The molecule has 0 aromatic heterocycles. The van der Waals surface area contributed by atoms with Gasteiger partial charge >= 0.3 is 5.97 Å². The molecule has 1 unspecified atom stereocenters. The van der Waals surface area contributed by atoms with E-state index in [1.807, 2.05) is 13.0 Å². The molecule has 0 saturated heterocycles. The number of methoxy groups -OCH3 is 1. The lowest BCUT2D eigenvalue weighted by molar-refractivity contribution is -0.138. The van der Waals surface area contributed by atoms with Gasteiger partial charge in [0.15, 0.2) is 11.1 Å². The van der Waals surface area contributed by atoms with Gasteiger partial charge in [0.05, 0.1) is 13.7 Å². The third-order valence-corrected chi connectivity index (χ3v) is 3.40. The predicted molar refractivity (Wildman–Crippen MR) is 80.4 cm³/mol. The zero-order valence-electron chi connectivity index (χ0n) is 11.7. The molecule has 7 heteroatoms. The Bertz CT molecular complexity index is 495. The van der Waals surface area contributed by atoms with Gasteiger partial charge in [0.25, 0.3) is 0 Å². The zero-order valence-corrected chi connectivity index (χ0v) is 13.3. The minimum atomic E-state index is -1.33. The minimum absolute atomic E-state index is 0.0807. The fourth-order valence-electron chi connectivity index (χ4n) is 1.69. The number of ether oxygens (including phenoxy) is 1. The molecule has 0 bridgehead atoms. The van der Waals surface area contributed by atoms with Crippen LogP contribution in [0.25, 0.3) is 0 Å². The van der Waals surface area contributed by atoms with Crippen molar-refractivity contribution < 1.29 is 17.9 Å². The first-order chi connectivity index (χ1) is 9.43. The van der Waals surface area contributed by atoms with Crippen molar-refractivity contribution in [1.29, 1.82) is 0 Å². The topological polar surface area (TPSA) is 55.8 Å². The number of anilines is 1. The summed E-state index contributed by atoms with van der Waals surface area (Å²) in [5, 5.41) is 0.584. The van der Waals surface area contributed by atoms with Gasteiger partial charge < -0.3 is 9.64 Å². The highest BCUT2D eigenvalue weighted by Crippen LogP contribution is 2.24. The van der Waals surface area contributed by atoms with E-state index in [1.165, 1.54) is 13.4 Å². The number of rotatable bonds is 7. The molecule has 5 nitrogen and oxygen atoms in total. The highest BCUT2D eigenvalue weighted by atomic mass is 35.5. The molecule has 0 aliphatic heterocycles. The second-order valence-electron chi connectivity index (χ2n) is 4.15. The Morgan fingerprint density at radius 3 is 2.75 bits per heavy atom. The molecule has 0 heterocycles. The van der Waals surface area contributed by atoms with Crippen molar-refractivity contribution in [3.05, 3.63) is 28.8 Å². The molecule has 1 rings (SSSR count). The highest BCUT2D eigenvalue weighted by molar-refractivity contribution is 7.79. The molecule has 20 heavy (non-hydrogen) atoms. The van der Waals surface area contributed by atoms with E-state index in [9.17, 15) is 9.00 Å². The van der Waals surface area contributed by atoms with Crippen LogP contribution in [-0.4, -0.2) is 43.2 Å². The van der Waals surface area contributed by atoms with Crippen LogP contribution in [0, 0.1) is 6.92 Å². The Morgan fingerprint density at radius 1 is 1.45 bits per heavy atom. The fraction of sp³-hybridized carbons (Fsp3) is 0.462. The molecule has 0 fully saturated rings. The Hall–Kier alpha value is -1.11. The van der Waals surface area contributed by atoms with Gasteiger partial charge in [0.1, 0.15) is 6.54 Å². The molecule has 0 saturated carbocycles.